The molecule has 2 heterocycles. The maximum Gasteiger partial charge on any atom is 0.339 e. The van der Waals surface area contributed by atoms with Crippen molar-refractivity contribution < 1.29 is 23.5 Å². The number of hydrogen-bond acceptors (Lipinski definition) is 6. The molecule has 0 bridgehead atoms. The molecule has 1 aromatic carbocycles. The Bertz CT molecular complexity index is 1170. The molecule has 0 aliphatic carbocycles. The van der Waals surface area contributed by atoms with Crippen molar-refractivity contribution in [1.82, 2.24) is 4.90 Å². The van der Waals surface area contributed by atoms with E-state index in [1.165, 1.54) is 13.1 Å². The first kappa shape index (κ1) is 21.1. The number of furan rings is 1. The quantitative estimate of drug-likeness (QED) is 0.417. The Morgan fingerprint density at radius 2 is 2.00 bits per heavy atom. The Kier molecular flexibility index (Phi) is 5.90. The van der Waals surface area contributed by atoms with Crippen molar-refractivity contribution in [2.75, 3.05) is 13.7 Å². The highest BCUT2D eigenvalue weighted by Crippen LogP contribution is 2.30. The Labute approximate surface area is 177 Å². The van der Waals surface area contributed by atoms with Gasteiger partial charge in [0.1, 0.15) is 23.2 Å². The molecule has 8 heteroatoms. The maximum atomic E-state index is 12.5. The van der Waals surface area contributed by atoms with Crippen molar-refractivity contribution in [3.63, 3.8) is 0 Å². The lowest BCUT2D eigenvalue weighted by atomic mass is 9.95. The summed E-state index contributed by atoms with van der Waals surface area (Å²) in [6.07, 6.45) is 1.48. The molecule has 30 heavy (non-hydrogen) atoms. The molecule has 7 nitrogen and oxygen atoms in total. The molecule has 1 aromatic heterocycles. The summed E-state index contributed by atoms with van der Waals surface area (Å²) in [5.74, 6) is -0.904. The summed E-state index contributed by atoms with van der Waals surface area (Å²) >= 11 is 6.09. The van der Waals surface area contributed by atoms with E-state index in [2.05, 4.69) is 0 Å². The van der Waals surface area contributed by atoms with Crippen LogP contribution in [-0.2, 0) is 14.3 Å². The molecule has 2 amide bonds. The minimum atomic E-state index is -0.634. The van der Waals surface area contributed by atoms with Gasteiger partial charge in [0.25, 0.3) is 11.8 Å². The number of esters is 1. The van der Waals surface area contributed by atoms with Crippen LogP contribution in [0.25, 0.3) is 17.4 Å². The highest BCUT2D eigenvalue weighted by atomic mass is 35.5. The van der Waals surface area contributed by atoms with Crippen molar-refractivity contribution >= 4 is 35.5 Å². The van der Waals surface area contributed by atoms with E-state index in [1.807, 2.05) is 6.07 Å². The number of nitrogens with zero attached hydrogens (tertiary/aromatic N) is 2. The van der Waals surface area contributed by atoms with Gasteiger partial charge in [0.2, 0.25) is 0 Å². The molecule has 2 aromatic rings. The molecule has 0 atom stereocenters. The van der Waals surface area contributed by atoms with E-state index in [-0.39, 0.29) is 28.3 Å². The van der Waals surface area contributed by atoms with Crippen LogP contribution in [0.15, 0.2) is 51.5 Å². The third-order valence-corrected chi connectivity index (χ3v) is 4.93. The third kappa shape index (κ3) is 3.78. The molecular weight excluding hydrogens is 408 g/mol. The first-order chi connectivity index (χ1) is 14.3. The van der Waals surface area contributed by atoms with Gasteiger partial charge in [-0.05, 0) is 55.8 Å². The predicted molar refractivity (Wildman–Crippen MR) is 109 cm³/mol. The lowest BCUT2D eigenvalue weighted by Crippen LogP contribution is -2.39. The van der Waals surface area contributed by atoms with E-state index in [0.29, 0.717) is 22.7 Å². The normalized spacial score (nSPS) is 15.6. The van der Waals surface area contributed by atoms with Gasteiger partial charge >= 0.3 is 5.97 Å². The van der Waals surface area contributed by atoms with Crippen LogP contribution in [0.2, 0.25) is 5.02 Å². The summed E-state index contributed by atoms with van der Waals surface area (Å²) in [5.41, 5.74) is 1.20. The molecule has 0 radical (unpaired) electrons. The van der Waals surface area contributed by atoms with Gasteiger partial charge in [-0.2, -0.15) is 5.26 Å². The second-order valence-electron chi connectivity index (χ2n) is 6.46. The lowest BCUT2D eigenvalue weighted by Gasteiger charge is -2.23. The molecule has 0 unspecified atom stereocenters. The monoisotopic (exact) mass is 424 g/mol. The molecule has 1 aliphatic rings. The molecule has 0 saturated heterocycles. The van der Waals surface area contributed by atoms with Gasteiger partial charge in [0.05, 0.1) is 17.2 Å². The van der Waals surface area contributed by atoms with Crippen LogP contribution < -0.4 is 0 Å². The fourth-order valence-corrected chi connectivity index (χ4v) is 3.16. The van der Waals surface area contributed by atoms with Crippen LogP contribution >= 0.6 is 11.6 Å². The first-order valence-electron chi connectivity index (χ1n) is 9.00. The van der Waals surface area contributed by atoms with Gasteiger partial charge in [-0.1, -0.05) is 11.6 Å². The zero-order chi connectivity index (χ0) is 22.0. The van der Waals surface area contributed by atoms with Gasteiger partial charge in [0, 0.05) is 18.2 Å². The van der Waals surface area contributed by atoms with Gasteiger partial charge in [-0.15, -0.1) is 0 Å². The predicted octanol–water partition coefficient (Wildman–Crippen LogP) is 4.00. The van der Waals surface area contributed by atoms with Crippen LogP contribution in [0, 0.1) is 11.3 Å². The molecule has 0 saturated carbocycles. The fourth-order valence-electron chi connectivity index (χ4n) is 2.97. The molecule has 152 valence electrons. The van der Waals surface area contributed by atoms with E-state index in [9.17, 15) is 19.6 Å². The Morgan fingerprint density at radius 1 is 1.27 bits per heavy atom. The van der Waals surface area contributed by atoms with Crippen molar-refractivity contribution in [2.45, 2.75) is 13.8 Å². The summed E-state index contributed by atoms with van der Waals surface area (Å²) in [7, 11) is 1.32. The van der Waals surface area contributed by atoms with Crippen molar-refractivity contribution in [3.8, 4) is 17.4 Å². The largest absolute Gasteiger partial charge is 0.462 e. The number of likely N-dealkylation sites (N-methyl/N-ethyl adjacent to an activating group) is 1. The average molecular weight is 425 g/mol. The second-order valence-corrected chi connectivity index (χ2v) is 6.86. The highest BCUT2D eigenvalue weighted by Gasteiger charge is 2.33. The minimum absolute atomic E-state index is 0.0908. The van der Waals surface area contributed by atoms with E-state index >= 15 is 0 Å². The van der Waals surface area contributed by atoms with Crippen LogP contribution in [0.4, 0.5) is 0 Å². The first-order valence-corrected chi connectivity index (χ1v) is 9.38. The summed E-state index contributed by atoms with van der Waals surface area (Å²) < 4.78 is 10.8. The summed E-state index contributed by atoms with van der Waals surface area (Å²) in [4.78, 5) is 37.5. The van der Waals surface area contributed by atoms with Crippen LogP contribution in [-0.4, -0.2) is 36.3 Å². The number of hydrogen-bond donors (Lipinski definition) is 0. The van der Waals surface area contributed by atoms with Crippen LogP contribution in [0.1, 0.15) is 30.0 Å². The molecule has 0 N–H and O–H groups in total. The highest BCUT2D eigenvalue weighted by molar-refractivity contribution is 6.33. The fraction of sp³-hybridized carbons (Fsp3) is 0.182. The lowest BCUT2D eigenvalue weighted by molar-refractivity contribution is -0.138. The number of amides is 2. The Hall–Kier alpha value is -3.63. The van der Waals surface area contributed by atoms with Gasteiger partial charge in [-0.25, -0.2) is 4.79 Å². The number of carbonyl (C=O) groups excluding carboxylic acids is 3. The standard InChI is InChI=1S/C22H17ClN2O5/c1-4-29-22(28)16-9-13(5-7-18(16)23)19-8-6-14(30-19)10-15-12(2)17(11-24)21(27)25(3)20(15)26/h5-10H,4H2,1-3H3/b15-10-. The Balaban J connectivity index is 2.00. The minimum Gasteiger partial charge on any atom is -0.462 e. The number of rotatable bonds is 4. The third-order valence-electron chi connectivity index (χ3n) is 4.60. The van der Waals surface area contributed by atoms with E-state index in [0.717, 1.165) is 4.90 Å². The maximum absolute atomic E-state index is 12.5. The number of halogens is 1. The number of nitriles is 1. The second kappa shape index (κ2) is 8.39. The van der Waals surface area contributed by atoms with E-state index in [4.69, 9.17) is 20.8 Å². The summed E-state index contributed by atoms with van der Waals surface area (Å²) in [6.45, 7) is 3.47. The summed E-state index contributed by atoms with van der Waals surface area (Å²) in [6, 6.07) is 9.99. The summed E-state index contributed by atoms with van der Waals surface area (Å²) in [5, 5.41) is 9.50. The topological polar surface area (TPSA) is 101 Å². The molecule has 0 fully saturated rings. The average Bonchev–Trinajstić information content (AvgIpc) is 3.19. The zero-order valence-electron chi connectivity index (χ0n) is 16.5. The van der Waals surface area contributed by atoms with Crippen molar-refractivity contribution in [2.24, 2.45) is 0 Å². The molecule has 3 rings (SSSR count). The number of carbonyl (C=O) groups is 3. The van der Waals surface area contributed by atoms with Gasteiger partial charge < -0.3 is 9.15 Å². The van der Waals surface area contributed by atoms with Crippen molar-refractivity contribution in [1.29, 1.82) is 5.26 Å². The van der Waals surface area contributed by atoms with Crippen molar-refractivity contribution in [3.05, 3.63) is 63.4 Å². The number of benzene rings is 1. The van der Waals surface area contributed by atoms with Crippen LogP contribution in [0.5, 0.6) is 0 Å². The van der Waals surface area contributed by atoms with Gasteiger partial charge in [0.15, 0.2) is 0 Å². The van der Waals surface area contributed by atoms with E-state index in [1.54, 1.807) is 44.2 Å². The van der Waals surface area contributed by atoms with Crippen LogP contribution in [0.3, 0.4) is 0 Å². The molecule has 0 spiro atoms. The van der Waals surface area contributed by atoms with E-state index < -0.39 is 17.8 Å². The smallest absolute Gasteiger partial charge is 0.339 e. The molecular formula is C22H17ClN2O5. The van der Waals surface area contributed by atoms with Gasteiger partial charge in [-0.3, -0.25) is 14.5 Å². The number of imide groups is 1. The number of ether oxygens (including phenoxy) is 1. The molecule has 1 aliphatic heterocycles. The Morgan fingerprint density at radius 3 is 2.67 bits per heavy atom. The zero-order valence-corrected chi connectivity index (χ0v) is 17.2. The SMILES string of the molecule is CCOC(=O)c1cc(-c2ccc(/C=C3\C(=O)N(C)C(=O)C(C#N)=C3C)o2)ccc1Cl.